The van der Waals surface area contributed by atoms with E-state index in [0.717, 1.165) is 12.1 Å². The summed E-state index contributed by atoms with van der Waals surface area (Å²) in [7, 11) is 1.20. The van der Waals surface area contributed by atoms with Crippen molar-refractivity contribution in [3.05, 3.63) is 122 Å². The summed E-state index contributed by atoms with van der Waals surface area (Å²) in [5, 5.41) is 18.1. The van der Waals surface area contributed by atoms with E-state index < -0.39 is 88.4 Å². The summed E-state index contributed by atoms with van der Waals surface area (Å²) in [6.07, 6.45) is 1.78. The van der Waals surface area contributed by atoms with E-state index in [4.69, 9.17) is 21.3 Å². The monoisotopic (exact) mass is 910 g/mol. The molecular weight excluding hydrogens is 874 g/mol. The molecule has 0 radical (unpaired) electrons. The van der Waals surface area contributed by atoms with Gasteiger partial charge in [-0.15, -0.1) is 10.7 Å². The van der Waals surface area contributed by atoms with E-state index in [1.54, 1.807) is 48.4 Å². The Morgan fingerprint density at radius 3 is 2.60 bits per heavy atom. The molecule has 1 amide bonds. The molecule has 0 saturated heterocycles. The molecule has 2 aliphatic rings. The molecule has 1 saturated carbocycles. The zero-order valence-electron chi connectivity index (χ0n) is 33.6. The van der Waals surface area contributed by atoms with Crippen LogP contribution in [0.25, 0.3) is 27.5 Å². The van der Waals surface area contributed by atoms with Gasteiger partial charge in [0.15, 0.2) is 5.82 Å². The fourth-order valence-electron chi connectivity index (χ4n) is 8.38. The first-order valence-corrected chi connectivity index (χ1v) is 21.7. The second kappa shape index (κ2) is 16.2. The number of hydrogen-bond donors (Lipinski definition) is 2. The number of alkyl halides is 4. The Morgan fingerprint density at radius 2 is 1.89 bits per heavy atom. The zero-order chi connectivity index (χ0) is 44.5. The minimum absolute atomic E-state index is 0.0226. The molecule has 7 aromatic rings. The Balaban J connectivity index is 1.21. The van der Waals surface area contributed by atoms with Gasteiger partial charge in [-0.3, -0.25) is 28.2 Å². The molecule has 4 atom stereocenters. The van der Waals surface area contributed by atoms with Crippen LogP contribution in [-0.4, -0.2) is 63.0 Å². The number of carbonyl (C=O) groups excluding carboxylic acids is 1. The molecule has 13 nitrogen and oxygen atoms in total. The number of halogens is 7. The lowest BCUT2D eigenvalue weighted by atomic mass is 10.0. The molecule has 1 unspecified atom stereocenters. The van der Waals surface area contributed by atoms with Crippen molar-refractivity contribution >= 4 is 61.2 Å². The van der Waals surface area contributed by atoms with Gasteiger partial charge in [0.2, 0.25) is 5.91 Å². The number of anilines is 1. The molecule has 4 heterocycles. The minimum Gasteiger partial charge on any atom is -0.492 e. The lowest BCUT2D eigenvalue weighted by Crippen LogP contribution is -2.38. The molecule has 9 rings (SSSR count). The third kappa shape index (κ3) is 7.72. The summed E-state index contributed by atoms with van der Waals surface area (Å²) >= 11 is 6.81. The van der Waals surface area contributed by atoms with E-state index in [-0.39, 0.29) is 46.6 Å². The van der Waals surface area contributed by atoms with Crippen molar-refractivity contribution in [2.24, 2.45) is 13.0 Å². The molecule has 21 heteroatoms. The normalized spacial score (nSPS) is 17.3. The molecule has 0 bridgehead atoms. The van der Waals surface area contributed by atoms with Gasteiger partial charge < -0.3 is 14.8 Å². The van der Waals surface area contributed by atoms with Crippen LogP contribution >= 0.6 is 22.3 Å². The first-order chi connectivity index (χ1) is 30.1. The molecule has 63 heavy (non-hydrogen) atoms. The number of ether oxygens (including phenoxy) is 1. The number of nitrogens with zero attached hydrogens (tertiary/aromatic N) is 8. The Morgan fingerprint density at radius 1 is 1.11 bits per heavy atom. The molecule has 2 N–H and O–H groups in total. The summed E-state index contributed by atoms with van der Waals surface area (Å²) in [5.74, 6) is -7.76. The van der Waals surface area contributed by atoms with Crippen LogP contribution in [0.1, 0.15) is 60.1 Å². The van der Waals surface area contributed by atoms with Crippen LogP contribution in [0.15, 0.2) is 71.8 Å². The highest BCUT2D eigenvalue weighted by Gasteiger charge is 2.67. The molecule has 0 aliphatic heterocycles. The number of rotatable bonds is 14. The van der Waals surface area contributed by atoms with Crippen molar-refractivity contribution < 1.29 is 35.9 Å². The summed E-state index contributed by atoms with van der Waals surface area (Å²) in [6, 6.07) is 10.8. The Kier molecular flexibility index (Phi) is 10.8. The number of benzene rings is 3. The number of nitrogens with one attached hydrogen (secondary N) is 2. The average molecular weight is 911 g/mol. The van der Waals surface area contributed by atoms with E-state index in [9.17, 15) is 22.4 Å². The van der Waals surface area contributed by atoms with Gasteiger partial charge in [0, 0.05) is 49.5 Å². The van der Waals surface area contributed by atoms with Crippen molar-refractivity contribution in [2.75, 3.05) is 17.6 Å². The number of carbonyl (C=O) groups is 1. The first kappa shape index (κ1) is 42.2. The lowest BCUT2D eigenvalue weighted by molar-refractivity contribution is -0.123. The topological polar surface area (TPSA) is 139 Å². The zero-order valence-corrected chi connectivity index (χ0v) is 35.2. The van der Waals surface area contributed by atoms with Crippen LogP contribution < -0.4 is 20.3 Å². The van der Waals surface area contributed by atoms with Crippen LogP contribution in [0.2, 0.25) is 5.02 Å². The summed E-state index contributed by atoms with van der Waals surface area (Å²) in [4.78, 5) is 34.1. The largest absolute Gasteiger partial charge is 0.492 e. The van der Waals surface area contributed by atoms with E-state index in [1.165, 1.54) is 21.4 Å². The fraction of sp³-hybridized carbons (Fsp3) is 0.310. The Bertz CT molecular complexity index is 3020. The van der Waals surface area contributed by atoms with Gasteiger partial charge in [-0.2, -0.15) is 24.1 Å². The first-order valence-electron chi connectivity index (χ1n) is 19.7. The molecule has 1 fully saturated rings. The number of aromatic nitrogens is 8. The van der Waals surface area contributed by atoms with Crippen molar-refractivity contribution in [1.82, 2.24) is 44.2 Å². The second-order valence-corrected chi connectivity index (χ2v) is 17.5. The summed E-state index contributed by atoms with van der Waals surface area (Å²) in [5.41, 5.74) is -1.73. The van der Waals surface area contributed by atoms with Crippen LogP contribution in [0.5, 0.6) is 5.75 Å². The Labute approximate surface area is 361 Å². The molecule has 2 aliphatic carbocycles. The van der Waals surface area contributed by atoms with Crippen molar-refractivity contribution in [3.63, 3.8) is 0 Å². The van der Waals surface area contributed by atoms with Crippen LogP contribution in [0.3, 0.4) is 0 Å². The predicted octanol–water partition coefficient (Wildman–Crippen LogP) is 7.97. The summed E-state index contributed by atoms with van der Waals surface area (Å²) in [6.45, 7) is 1.54. The van der Waals surface area contributed by atoms with Crippen LogP contribution in [0.4, 0.5) is 32.2 Å². The van der Waals surface area contributed by atoms with Crippen LogP contribution in [-0.2, 0) is 37.3 Å². The van der Waals surface area contributed by atoms with Gasteiger partial charge >= 0.3 is 0 Å². The highest BCUT2D eigenvalue weighted by atomic mass is 35.5. The SMILES string of the molecule is C/C=S(/C)Nc1nn(C)c2c(-n3c([C@H](Cc4cc(F)cc(F)c4)NC(=O)Cn4nc(C(F)F)c5c4C(F)(F)[C@@H]4C[C@H]54)nc4cc(OCCn5cccn5)ccc4c3=O)ccc(Cl)c12. The fourth-order valence-corrected chi connectivity index (χ4v) is 9.18. The standard InChI is InChI=1S/C42H37ClF6N10O3S/c1-4-63(3)55-39-34-28(43)8-9-31(36(34)56(2)54-39)59-40(52-29-18-24(6-7-25(29)41(59)61)62-13-12-57-11-5-10-50-57)30(16-21-14-22(44)17-23(45)15-21)51-32(60)20-58-37-33(35(53-58)38(46)47)26-19-27(26)42(37,48)49/h4-11,14-15,17-18,26-27,30,38H,12-13,16,19-20H2,1-3H3,(H,51,60)(H,54,55)/t26-,27+,30-,63?/m0/s1. The Hall–Kier alpha value is -6.15. The maximum Gasteiger partial charge on any atom is 0.293 e. The second-order valence-electron chi connectivity index (χ2n) is 15.3. The van der Waals surface area contributed by atoms with Gasteiger partial charge in [-0.25, -0.2) is 22.5 Å². The maximum absolute atomic E-state index is 15.6. The van der Waals surface area contributed by atoms with E-state index in [2.05, 4.69) is 25.3 Å². The third-order valence-corrected chi connectivity index (χ3v) is 12.8. The molecular formula is C42H37ClF6N10O3S. The molecule has 328 valence electrons. The maximum atomic E-state index is 15.6. The van der Waals surface area contributed by atoms with Crippen molar-refractivity contribution in [1.29, 1.82) is 0 Å². The van der Waals surface area contributed by atoms with E-state index in [0.29, 0.717) is 44.8 Å². The van der Waals surface area contributed by atoms with E-state index >= 15 is 13.6 Å². The van der Waals surface area contributed by atoms with Gasteiger partial charge in [0.25, 0.3) is 17.9 Å². The van der Waals surface area contributed by atoms with Gasteiger partial charge in [0.1, 0.15) is 47.7 Å². The van der Waals surface area contributed by atoms with Crippen molar-refractivity contribution in [3.8, 4) is 11.4 Å². The molecule has 4 aromatic heterocycles. The molecule has 3 aromatic carbocycles. The van der Waals surface area contributed by atoms with Crippen LogP contribution in [0, 0.1) is 17.6 Å². The number of fused-ring (bicyclic) bond motifs is 5. The number of amides is 1. The van der Waals surface area contributed by atoms with Gasteiger partial charge in [-0.05, 0) is 78.9 Å². The number of hydrogen-bond acceptors (Lipinski definition) is 8. The van der Waals surface area contributed by atoms with Crippen molar-refractivity contribution in [2.45, 2.75) is 57.2 Å². The van der Waals surface area contributed by atoms with Gasteiger partial charge in [0.05, 0.1) is 45.1 Å². The summed E-state index contributed by atoms with van der Waals surface area (Å²) < 4.78 is 103. The van der Waals surface area contributed by atoms with Gasteiger partial charge in [-0.1, -0.05) is 11.6 Å². The number of aryl methyl sites for hydroxylation is 1. The highest BCUT2D eigenvalue weighted by molar-refractivity contribution is 8.15. The average Bonchev–Trinajstić information content (AvgIpc) is 3.44. The quantitative estimate of drug-likeness (QED) is 0.0829. The minimum atomic E-state index is -3.51. The van der Waals surface area contributed by atoms with E-state index in [1.807, 2.05) is 18.5 Å². The molecule has 0 spiro atoms. The predicted molar refractivity (Wildman–Crippen MR) is 226 cm³/mol. The third-order valence-electron chi connectivity index (χ3n) is 11.3. The smallest absolute Gasteiger partial charge is 0.293 e. The lowest BCUT2D eigenvalue weighted by Gasteiger charge is -2.24. The highest BCUT2D eigenvalue weighted by Crippen LogP contribution is 2.68.